The number of carbonyl (C=O) groups excluding carboxylic acids is 2. The second-order valence-electron chi connectivity index (χ2n) is 7.31. The number of nitrogens with two attached hydrogens (primary N) is 1. The Balaban J connectivity index is 1.57. The van der Waals surface area contributed by atoms with E-state index in [0.29, 0.717) is 31.1 Å². The number of piperidine rings is 1. The lowest BCUT2D eigenvalue weighted by Crippen LogP contribution is -2.38. The third kappa shape index (κ3) is 5.03. The molecule has 1 saturated heterocycles. The van der Waals surface area contributed by atoms with Crippen molar-refractivity contribution in [2.24, 2.45) is 5.73 Å². The summed E-state index contributed by atoms with van der Waals surface area (Å²) in [5.74, 6) is -0.108. The molecule has 6 nitrogen and oxygen atoms in total. The van der Waals surface area contributed by atoms with E-state index in [4.69, 9.17) is 5.73 Å². The third-order valence-corrected chi connectivity index (χ3v) is 5.40. The molecular weight excluding hydrogens is 366 g/mol. The lowest BCUT2D eigenvalue weighted by molar-refractivity contribution is -0.131. The maximum absolute atomic E-state index is 12.7. The number of rotatable bonds is 6. The molecule has 3 rings (SSSR count). The topological polar surface area (TPSA) is 95.7 Å². The lowest BCUT2D eigenvalue weighted by atomic mass is 9.88. The van der Waals surface area contributed by atoms with Crippen molar-refractivity contribution in [3.8, 4) is 5.75 Å². The first kappa shape index (κ1) is 20.6. The molecule has 0 aliphatic carbocycles. The van der Waals surface area contributed by atoms with Crippen molar-refractivity contribution in [3.63, 3.8) is 0 Å². The largest absolute Gasteiger partial charge is 0.507 e. The number of nitrogens with one attached hydrogen (secondary N) is 1. The van der Waals surface area contributed by atoms with Gasteiger partial charge in [-0.15, -0.1) is 0 Å². The van der Waals surface area contributed by atoms with E-state index in [1.807, 2.05) is 17.0 Å². The van der Waals surface area contributed by atoms with Gasteiger partial charge in [-0.3, -0.25) is 9.59 Å². The zero-order chi connectivity index (χ0) is 20.8. The van der Waals surface area contributed by atoms with Crippen LogP contribution in [0, 0.1) is 0 Å². The van der Waals surface area contributed by atoms with Crippen LogP contribution in [0.25, 0.3) is 0 Å². The van der Waals surface area contributed by atoms with Gasteiger partial charge in [0.1, 0.15) is 5.75 Å². The second kappa shape index (κ2) is 9.39. The highest BCUT2D eigenvalue weighted by Crippen LogP contribution is 2.29. The average molecular weight is 393 g/mol. The molecule has 1 aliphatic rings. The molecule has 1 aliphatic heterocycles. The maximum atomic E-state index is 12.7. The predicted molar refractivity (Wildman–Crippen MR) is 112 cm³/mol. The number of phenols is 1. The van der Waals surface area contributed by atoms with Gasteiger partial charge in [0.15, 0.2) is 0 Å². The van der Waals surface area contributed by atoms with Crippen molar-refractivity contribution < 1.29 is 14.7 Å². The Kier molecular flexibility index (Phi) is 6.67. The van der Waals surface area contributed by atoms with E-state index < -0.39 is 5.91 Å². The number of nitrogens with zero attached hydrogens (tertiary/aromatic N) is 1. The summed E-state index contributed by atoms with van der Waals surface area (Å²) >= 11 is 0. The van der Waals surface area contributed by atoms with Gasteiger partial charge in [0.05, 0.1) is 12.0 Å². The number of aromatic hydroxyl groups is 1. The van der Waals surface area contributed by atoms with Crippen molar-refractivity contribution in [2.45, 2.75) is 31.7 Å². The van der Waals surface area contributed by atoms with Crippen LogP contribution in [0.4, 0.5) is 0 Å². The number of amides is 2. The molecule has 0 radical (unpaired) electrons. The highest BCUT2D eigenvalue weighted by atomic mass is 16.3. The fourth-order valence-corrected chi connectivity index (χ4v) is 3.77. The van der Waals surface area contributed by atoms with Gasteiger partial charge in [0.2, 0.25) is 5.91 Å². The summed E-state index contributed by atoms with van der Waals surface area (Å²) in [6.45, 7) is 5.38. The van der Waals surface area contributed by atoms with Crippen LogP contribution in [0.3, 0.4) is 0 Å². The summed E-state index contributed by atoms with van der Waals surface area (Å²) in [6.07, 6.45) is 3.30. The van der Waals surface area contributed by atoms with E-state index in [0.717, 1.165) is 18.4 Å². The number of benzene rings is 2. The molecule has 0 saturated carbocycles. The molecule has 1 fully saturated rings. The summed E-state index contributed by atoms with van der Waals surface area (Å²) in [5.41, 5.74) is 8.99. The van der Waals surface area contributed by atoms with E-state index >= 15 is 0 Å². The first-order valence-electron chi connectivity index (χ1n) is 9.82. The van der Waals surface area contributed by atoms with Crippen LogP contribution < -0.4 is 11.1 Å². The fraction of sp³-hybridized carbons (Fsp3) is 0.304. The molecule has 4 N–H and O–H groups in total. The van der Waals surface area contributed by atoms with Crippen LogP contribution in [0.2, 0.25) is 0 Å². The minimum Gasteiger partial charge on any atom is -0.507 e. The molecule has 6 heteroatoms. The van der Waals surface area contributed by atoms with Crippen LogP contribution in [-0.2, 0) is 17.8 Å². The molecule has 2 aromatic rings. The average Bonchev–Trinajstić information content (AvgIpc) is 2.74. The van der Waals surface area contributed by atoms with Crippen molar-refractivity contribution in [1.82, 2.24) is 10.2 Å². The van der Waals surface area contributed by atoms with E-state index in [1.165, 1.54) is 23.9 Å². The Bertz CT molecular complexity index is 902. The Hall–Kier alpha value is -3.12. The third-order valence-electron chi connectivity index (χ3n) is 5.40. The normalized spacial score (nSPS) is 14.4. The van der Waals surface area contributed by atoms with Gasteiger partial charge < -0.3 is 21.1 Å². The van der Waals surface area contributed by atoms with Gasteiger partial charge in [-0.25, -0.2) is 0 Å². The van der Waals surface area contributed by atoms with E-state index in [2.05, 4.69) is 24.0 Å². The standard InChI is InChI=1S/C23H27N3O3/c1-2-25-23(29)20-7-6-16(13-21(20)27)14-22(28)26-10-8-18(9-11-26)19-5-3-4-17(12-19)15-24/h2-7,12-13,18,27H,1,8-11,14-15,24H2,(H,25,29). The van der Waals surface area contributed by atoms with Crippen molar-refractivity contribution in [3.05, 3.63) is 77.5 Å². The van der Waals surface area contributed by atoms with Crippen LogP contribution >= 0.6 is 0 Å². The molecule has 1 heterocycles. The summed E-state index contributed by atoms with van der Waals surface area (Å²) < 4.78 is 0. The van der Waals surface area contributed by atoms with Crippen molar-refractivity contribution in [2.75, 3.05) is 13.1 Å². The molecule has 29 heavy (non-hydrogen) atoms. The molecule has 0 atom stereocenters. The van der Waals surface area contributed by atoms with Crippen LogP contribution in [0.5, 0.6) is 5.75 Å². The first-order chi connectivity index (χ1) is 14.0. The molecule has 0 spiro atoms. The van der Waals surface area contributed by atoms with Gasteiger partial charge in [-0.2, -0.15) is 0 Å². The smallest absolute Gasteiger partial charge is 0.258 e. The number of hydrogen-bond donors (Lipinski definition) is 3. The quantitative estimate of drug-likeness (QED) is 0.703. The van der Waals surface area contributed by atoms with Crippen LogP contribution in [0.1, 0.15) is 45.8 Å². The molecule has 0 aromatic heterocycles. The van der Waals surface area contributed by atoms with Crippen LogP contribution in [-0.4, -0.2) is 34.9 Å². The van der Waals surface area contributed by atoms with Gasteiger partial charge in [0, 0.05) is 19.6 Å². The zero-order valence-electron chi connectivity index (χ0n) is 16.4. The monoisotopic (exact) mass is 393 g/mol. The summed E-state index contributed by atoms with van der Waals surface area (Å²) in [5, 5.41) is 12.5. The Labute approximate surface area is 171 Å². The summed E-state index contributed by atoms with van der Waals surface area (Å²) in [7, 11) is 0. The molecule has 2 aromatic carbocycles. The molecule has 2 amide bonds. The number of phenolic OH excluding ortho intramolecular Hbond substituents is 1. The highest BCUT2D eigenvalue weighted by molar-refractivity contribution is 5.97. The number of hydrogen-bond acceptors (Lipinski definition) is 4. The first-order valence-corrected chi connectivity index (χ1v) is 9.82. The van der Waals surface area contributed by atoms with Crippen LogP contribution in [0.15, 0.2) is 55.2 Å². The molecule has 0 unspecified atom stereocenters. The van der Waals surface area contributed by atoms with Gasteiger partial charge in [0.25, 0.3) is 5.91 Å². The molecule has 152 valence electrons. The Morgan fingerprint density at radius 1 is 1.17 bits per heavy atom. The summed E-state index contributed by atoms with van der Waals surface area (Å²) in [6, 6.07) is 13.1. The fourth-order valence-electron chi connectivity index (χ4n) is 3.77. The van der Waals surface area contributed by atoms with Gasteiger partial charge in [-0.05, 0) is 53.8 Å². The number of carbonyl (C=O) groups is 2. The predicted octanol–water partition coefficient (Wildman–Crippen LogP) is 2.67. The second-order valence-corrected chi connectivity index (χ2v) is 7.31. The molecular formula is C23H27N3O3. The molecule has 0 bridgehead atoms. The minimum absolute atomic E-state index is 0.0295. The van der Waals surface area contributed by atoms with Crippen molar-refractivity contribution in [1.29, 1.82) is 0 Å². The Morgan fingerprint density at radius 2 is 1.93 bits per heavy atom. The SMILES string of the molecule is C=CNC(=O)c1ccc(CC(=O)N2CCC(c3cccc(CN)c3)CC2)cc1O. The van der Waals surface area contributed by atoms with E-state index in [-0.39, 0.29) is 23.6 Å². The minimum atomic E-state index is -0.434. The van der Waals surface area contributed by atoms with E-state index in [9.17, 15) is 14.7 Å². The number of likely N-dealkylation sites (tertiary alicyclic amines) is 1. The lowest BCUT2D eigenvalue weighted by Gasteiger charge is -2.32. The van der Waals surface area contributed by atoms with E-state index in [1.54, 1.807) is 6.07 Å². The zero-order valence-corrected chi connectivity index (χ0v) is 16.4. The highest BCUT2D eigenvalue weighted by Gasteiger charge is 2.24. The van der Waals surface area contributed by atoms with Gasteiger partial charge >= 0.3 is 0 Å². The summed E-state index contributed by atoms with van der Waals surface area (Å²) in [4.78, 5) is 26.4. The maximum Gasteiger partial charge on any atom is 0.258 e. The van der Waals surface area contributed by atoms with Crippen molar-refractivity contribution >= 4 is 11.8 Å². The van der Waals surface area contributed by atoms with Gasteiger partial charge in [-0.1, -0.05) is 36.9 Å². The Morgan fingerprint density at radius 3 is 2.59 bits per heavy atom.